The minimum Gasteiger partial charge on any atom is -0.350 e. The van der Waals surface area contributed by atoms with Gasteiger partial charge in [-0.1, -0.05) is 60.7 Å². The van der Waals surface area contributed by atoms with Crippen LogP contribution in [0.1, 0.15) is 24.5 Å². The summed E-state index contributed by atoms with van der Waals surface area (Å²) in [7, 11) is 0. The number of carbonyl (C=O) groups excluding carboxylic acids is 1. The first kappa shape index (κ1) is 18.3. The van der Waals surface area contributed by atoms with E-state index < -0.39 is 5.54 Å². The first-order valence-corrected chi connectivity index (χ1v) is 11.0. The molecule has 2 heterocycles. The Kier molecular flexibility index (Phi) is 4.61. The normalized spacial score (nSPS) is 19.3. The van der Waals surface area contributed by atoms with E-state index in [1.54, 1.807) is 11.3 Å². The molecule has 146 valence electrons. The smallest absolute Gasteiger partial charge is 0.240 e. The van der Waals surface area contributed by atoms with Gasteiger partial charge in [-0.2, -0.15) is 0 Å². The summed E-state index contributed by atoms with van der Waals surface area (Å²) in [4.78, 5) is 15.4. The van der Waals surface area contributed by atoms with Crippen molar-refractivity contribution in [2.75, 3.05) is 6.54 Å². The van der Waals surface area contributed by atoms with E-state index in [0.29, 0.717) is 6.54 Å². The van der Waals surface area contributed by atoms with E-state index in [1.807, 2.05) is 12.1 Å². The molecule has 0 spiro atoms. The van der Waals surface area contributed by atoms with Gasteiger partial charge in [-0.15, -0.1) is 11.3 Å². The Morgan fingerprint density at radius 2 is 1.76 bits per heavy atom. The molecule has 0 radical (unpaired) electrons. The number of likely N-dealkylation sites (tertiary alicyclic amines) is 1. The zero-order valence-electron chi connectivity index (χ0n) is 16.5. The number of carbonyl (C=O) groups is 1. The molecular weight excluding hydrogens is 376 g/mol. The molecule has 1 saturated heterocycles. The highest BCUT2D eigenvalue weighted by atomic mass is 32.1. The number of nitrogens with one attached hydrogen (secondary N) is 1. The fourth-order valence-electron chi connectivity index (χ4n) is 4.29. The number of rotatable bonds is 5. The summed E-state index contributed by atoms with van der Waals surface area (Å²) in [5.74, 6) is 0.121. The quantitative estimate of drug-likeness (QED) is 0.491. The van der Waals surface area contributed by atoms with Crippen molar-refractivity contribution >= 4 is 38.1 Å². The van der Waals surface area contributed by atoms with Crippen LogP contribution in [0.4, 0.5) is 0 Å². The number of thiophene rings is 1. The van der Waals surface area contributed by atoms with Gasteiger partial charge in [0.25, 0.3) is 0 Å². The van der Waals surface area contributed by atoms with E-state index in [1.165, 1.54) is 26.4 Å². The lowest BCUT2D eigenvalue weighted by Gasteiger charge is -2.49. The Morgan fingerprint density at radius 3 is 2.59 bits per heavy atom. The molecule has 4 aromatic rings. The Labute approximate surface area is 175 Å². The molecule has 4 heteroatoms. The molecule has 1 N–H and O–H groups in total. The summed E-state index contributed by atoms with van der Waals surface area (Å²) in [6.07, 6.45) is 0.899. The van der Waals surface area contributed by atoms with Crippen molar-refractivity contribution in [1.82, 2.24) is 10.2 Å². The molecular formula is C25H24N2OS. The number of amides is 1. The van der Waals surface area contributed by atoms with Crippen molar-refractivity contribution in [3.05, 3.63) is 83.2 Å². The standard InChI is InChI=1S/C25H24N2OS/c1-25(13-14-27(25)16-20-17-29-23-12-5-4-11-22(20)23)24(28)26-15-19-9-6-8-18-7-2-3-10-21(18)19/h2-12,17H,13-16H2,1H3,(H,26,28). The highest BCUT2D eigenvalue weighted by Crippen LogP contribution is 2.35. The van der Waals surface area contributed by atoms with E-state index in [9.17, 15) is 4.79 Å². The second-order valence-electron chi connectivity index (χ2n) is 8.02. The SMILES string of the molecule is CC1(C(=O)NCc2cccc3ccccc23)CCN1Cc1csc2ccccc12. The molecule has 1 amide bonds. The Morgan fingerprint density at radius 1 is 1.00 bits per heavy atom. The van der Waals surface area contributed by atoms with Gasteiger partial charge in [0, 0.05) is 24.3 Å². The van der Waals surface area contributed by atoms with E-state index in [0.717, 1.165) is 25.1 Å². The maximum atomic E-state index is 13.1. The molecule has 1 atom stereocenters. The number of benzene rings is 3. The highest BCUT2D eigenvalue weighted by Gasteiger charge is 2.46. The third-order valence-corrected chi connectivity index (χ3v) is 7.31. The molecule has 1 fully saturated rings. The van der Waals surface area contributed by atoms with E-state index in [-0.39, 0.29) is 5.91 Å². The minimum absolute atomic E-state index is 0.121. The van der Waals surface area contributed by atoms with Gasteiger partial charge < -0.3 is 5.32 Å². The van der Waals surface area contributed by atoms with E-state index in [4.69, 9.17) is 0 Å². The van der Waals surface area contributed by atoms with Crippen LogP contribution in [-0.2, 0) is 17.9 Å². The van der Waals surface area contributed by atoms with Gasteiger partial charge >= 0.3 is 0 Å². The second kappa shape index (κ2) is 7.29. The first-order valence-electron chi connectivity index (χ1n) is 10.1. The van der Waals surface area contributed by atoms with Crippen molar-refractivity contribution in [2.45, 2.75) is 32.0 Å². The van der Waals surface area contributed by atoms with Crippen LogP contribution >= 0.6 is 11.3 Å². The highest BCUT2D eigenvalue weighted by molar-refractivity contribution is 7.17. The fourth-order valence-corrected chi connectivity index (χ4v) is 5.24. The Bertz CT molecular complexity index is 1190. The van der Waals surface area contributed by atoms with Crippen LogP contribution in [0.3, 0.4) is 0 Å². The lowest BCUT2D eigenvalue weighted by molar-refractivity contribution is -0.142. The molecule has 29 heavy (non-hydrogen) atoms. The summed E-state index contributed by atoms with van der Waals surface area (Å²) in [6.45, 7) is 4.42. The third-order valence-electron chi connectivity index (χ3n) is 6.30. The van der Waals surface area contributed by atoms with Crippen LogP contribution in [0.2, 0.25) is 0 Å². The van der Waals surface area contributed by atoms with Gasteiger partial charge in [-0.05, 0) is 52.1 Å². The molecule has 0 saturated carbocycles. The first-order chi connectivity index (χ1) is 14.1. The van der Waals surface area contributed by atoms with Crippen molar-refractivity contribution in [3.63, 3.8) is 0 Å². The molecule has 0 bridgehead atoms. The predicted molar refractivity (Wildman–Crippen MR) is 121 cm³/mol. The molecule has 1 aliphatic heterocycles. The fraction of sp³-hybridized carbons (Fsp3) is 0.240. The van der Waals surface area contributed by atoms with E-state index >= 15 is 0 Å². The Balaban J connectivity index is 1.30. The molecule has 0 aliphatic carbocycles. The summed E-state index contributed by atoms with van der Waals surface area (Å²) in [6, 6.07) is 23.1. The van der Waals surface area contributed by atoms with Crippen molar-refractivity contribution in [3.8, 4) is 0 Å². The van der Waals surface area contributed by atoms with Crippen LogP contribution in [-0.4, -0.2) is 22.9 Å². The number of hydrogen-bond acceptors (Lipinski definition) is 3. The van der Waals surface area contributed by atoms with Gasteiger partial charge in [0.1, 0.15) is 0 Å². The van der Waals surface area contributed by atoms with Crippen LogP contribution < -0.4 is 5.32 Å². The molecule has 1 aromatic heterocycles. The lowest BCUT2D eigenvalue weighted by atomic mass is 9.85. The Hall–Kier alpha value is -2.69. The molecule has 1 aliphatic rings. The van der Waals surface area contributed by atoms with Crippen LogP contribution in [0, 0.1) is 0 Å². The molecule has 3 aromatic carbocycles. The molecule has 1 unspecified atom stereocenters. The number of nitrogens with zero attached hydrogens (tertiary/aromatic N) is 1. The zero-order chi connectivity index (χ0) is 19.8. The summed E-state index contributed by atoms with van der Waals surface area (Å²) < 4.78 is 1.31. The zero-order valence-corrected chi connectivity index (χ0v) is 17.3. The van der Waals surface area contributed by atoms with Crippen molar-refractivity contribution in [2.24, 2.45) is 0 Å². The second-order valence-corrected chi connectivity index (χ2v) is 8.93. The van der Waals surface area contributed by atoms with Gasteiger partial charge in [0.2, 0.25) is 5.91 Å². The van der Waals surface area contributed by atoms with Gasteiger partial charge in [0.15, 0.2) is 0 Å². The topological polar surface area (TPSA) is 32.3 Å². The average molecular weight is 401 g/mol. The summed E-state index contributed by atoms with van der Waals surface area (Å²) in [5, 5.41) is 9.16. The molecule has 3 nitrogen and oxygen atoms in total. The third kappa shape index (κ3) is 3.22. The van der Waals surface area contributed by atoms with Gasteiger partial charge in [-0.25, -0.2) is 0 Å². The monoisotopic (exact) mass is 400 g/mol. The summed E-state index contributed by atoms with van der Waals surface area (Å²) >= 11 is 1.78. The van der Waals surface area contributed by atoms with Crippen LogP contribution in [0.15, 0.2) is 72.1 Å². The largest absolute Gasteiger partial charge is 0.350 e. The maximum Gasteiger partial charge on any atom is 0.240 e. The van der Waals surface area contributed by atoms with Gasteiger partial charge in [0.05, 0.1) is 5.54 Å². The molecule has 5 rings (SSSR count). The number of fused-ring (bicyclic) bond motifs is 2. The minimum atomic E-state index is -0.437. The number of hydrogen-bond donors (Lipinski definition) is 1. The maximum absolute atomic E-state index is 13.1. The van der Waals surface area contributed by atoms with Gasteiger partial charge in [-0.3, -0.25) is 9.69 Å². The van der Waals surface area contributed by atoms with Crippen LogP contribution in [0.25, 0.3) is 20.9 Å². The van der Waals surface area contributed by atoms with Crippen molar-refractivity contribution in [1.29, 1.82) is 0 Å². The average Bonchev–Trinajstić information content (AvgIpc) is 3.17. The predicted octanol–water partition coefficient (Wildman–Crippen LogP) is 5.34. The van der Waals surface area contributed by atoms with Crippen molar-refractivity contribution < 1.29 is 4.79 Å². The summed E-state index contributed by atoms with van der Waals surface area (Å²) in [5.41, 5.74) is 2.04. The lowest BCUT2D eigenvalue weighted by Crippen LogP contribution is -2.65. The van der Waals surface area contributed by atoms with Crippen LogP contribution in [0.5, 0.6) is 0 Å². The van der Waals surface area contributed by atoms with E-state index in [2.05, 4.69) is 77.1 Å².